The van der Waals surface area contributed by atoms with E-state index in [0.717, 1.165) is 30.0 Å². The molecule has 38 heavy (non-hydrogen) atoms. The number of nitrogens with one attached hydrogen (secondary N) is 2. The van der Waals surface area contributed by atoms with E-state index in [0.29, 0.717) is 12.5 Å². The molecule has 0 spiro atoms. The van der Waals surface area contributed by atoms with Crippen molar-refractivity contribution in [3.05, 3.63) is 88.2 Å². The van der Waals surface area contributed by atoms with Crippen LogP contribution < -0.4 is 10.0 Å². The van der Waals surface area contributed by atoms with Gasteiger partial charge < -0.3 is 5.32 Å². The summed E-state index contributed by atoms with van der Waals surface area (Å²) in [7, 11) is -4.36. The van der Waals surface area contributed by atoms with E-state index in [-0.39, 0.29) is 27.7 Å². The second-order valence-corrected chi connectivity index (χ2v) is 11.2. The lowest BCUT2D eigenvalue weighted by Gasteiger charge is -2.21. The van der Waals surface area contributed by atoms with E-state index < -0.39 is 20.9 Å². The Morgan fingerprint density at radius 2 is 1.58 bits per heavy atom. The predicted molar refractivity (Wildman–Crippen MR) is 144 cm³/mol. The number of nitro benzene ring substituents is 1. The molecule has 1 amide bonds. The molecule has 0 aromatic heterocycles. The number of anilines is 1. The van der Waals surface area contributed by atoms with E-state index in [9.17, 15) is 27.7 Å². The van der Waals surface area contributed by atoms with Gasteiger partial charge in [-0.15, -0.1) is 0 Å². The number of amides is 1. The summed E-state index contributed by atoms with van der Waals surface area (Å²) < 4.78 is 40.8. The van der Waals surface area contributed by atoms with Crippen molar-refractivity contribution in [2.75, 3.05) is 11.9 Å². The average Bonchev–Trinajstić information content (AvgIpc) is 2.92. The van der Waals surface area contributed by atoms with Crippen molar-refractivity contribution in [2.45, 2.75) is 49.8 Å². The lowest BCUT2D eigenvalue weighted by Crippen LogP contribution is -2.30. The molecule has 0 bridgehead atoms. The average molecular weight is 540 g/mol. The fourth-order valence-corrected chi connectivity index (χ4v) is 5.76. The maximum absolute atomic E-state index is 13.1. The van der Waals surface area contributed by atoms with E-state index in [4.69, 9.17) is 0 Å². The lowest BCUT2D eigenvalue weighted by molar-refractivity contribution is -0.384. The molecule has 0 saturated heterocycles. The molecule has 0 aliphatic heterocycles. The minimum Gasteiger partial charge on any atom is -0.379 e. The van der Waals surface area contributed by atoms with Crippen molar-refractivity contribution in [3.8, 4) is 11.1 Å². The second kappa shape index (κ2) is 12.2. The Morgan fingerprint density at radius 3 is 2.21 bits per heavy atom. The van der Waals surface area contributed by atoms with Gasteiger partial charge in [0.25, 0.3) is 21.6 Å². The zero-order valence-corrected chi connectivity index (χ0v) is 21.7. The number of sulfonamides is 1. The van der Waals surface area contributed by atoms with Gasteiger partial charge in [0, 0.05) is 18.2 Å². The van der Waals surface area contributed by atoms with Crippen molar-refractivity contribution in [1.29, 1.82) is 0 Å². The van der Waals surface area contributed by atoms with Crippen molar-refractivity contribution >= 4 is 27.3 Å². The number of halogens is 1. The van der Waals surface area contributed by atoms with E-state index in [1.54, 1.807) is 24.3 Å². The van der Waals surface area contributed by atoms with Crippen molar-refractivity contribution in [3.63, 3.8) is 0 Å². The monoisotopic (exact) mass is 539 g/mol. The maximum atomic E-state index is 13.1. The van der Waals surface area contributed by atoms with Crippen molar-refractivity contribution < 1.29 is 22.5 Å². The molecule has 4 rings (SSSR count). The van der Waals surface area contributed by atoms with E-state index >= 15 is 0 Å². The van der Waals surface area contributed by atoms with Crippen molar-refractivity contribution in [2.24, 2.45) is 5.92 Å². The highest BCUT2D eigenvalue weighted by molar-refractivity contribution is 7.90. The summed E-state index contributed by atoms with van der Waals surface area (Å²) in [5.41, 5.74) is 1.41. The van der Waals surface area contributed by atoms with Gasteiger partial charge in [-0.2, -0.15) is 0 Å². The molecule has 8 nitrogen and oxygen atoms in total. The maximum Gasteiger partial charge on any atom is 0.293 e. The predicted octanol–water partition coefficient (Wildman–Crippen LogP) is 6.29. The Kier molecular flexibility index (Phi) is 8.73. The molecule has 10 heteroatoms. The van der Waals surface area contributed by atoms with Gasteiger partial charge in [-0.1, -0.05) is 56.4 Å². The lowest BCUT2D eigenvalue weighted by atomic mass is 9.86. The zero-order chi connectivity index (χ0) is 27.1. The smallest absolute Gasteiger partial charge is 0.293 e. The SMILES string of the molecule is O=C(NS(=O)(=O)c1ccc(NCCCC2CCCCC2)c([N+](=O)[O-])c1)c1ccc(-c2ccc(F)cc2)cc1. The third-order valence-corrected chi connectivity index (χ3v) is 8.19. The molecule has 3 aromatic carbocycles. The Hall–Kier alpha value is -3.79. The second-order valence-electron chi connectivity index (χ2n) is 9.53. The van der Waals surface area contributed by atoms with Gasteiger partial charge in [-0.3, -0.25) is 14.9 Å². The van der Waals surface area contributed by atoms with Crippen LogP contribution in [-0.4, -0.2) is 25.8 Å². The molecule has 1 aliphatic carbocycles. The number of benzene rings is 3. The van der Waals surface area contributed by atoms with Crippen LogP contribution >= 0.6 is 0 Å². The molecule has 0 heterocycles. The highest BCUT2D eigenvalue weighted by atomic mass is 32.2. The third-order valence-electron chi connectivity index (χ3n) is 6.86. The van der Waals surface area contributed by atoms with Crippen molar-refractivity contribution in [1.82, 2.24) is 4.72 Å². The quantitative estimate of drug-likeness (QED) is 0.178. The molecule has 0 radical (unpaired) electrons. The first-order valence-electron chi connectivity index (χ1n) is 12.7. The van der Waals surface area contributed by atoms with Gasteiger partial charge in [-0.25, -0.2) is 17.5 Å². The van der Waals surface area contributed by atoms with E-state index in [1.165, 1.54) is 68.5 Å². The summed E-state index contributed by atoms with van der Waals surface area (Å²) in [6, 6.07) is 15.5. The van der Waals surface area contributed by atoms with Gasteiger partial charge in [0.05, 0.1) is 9.82 Å². The Balaban J connectivity index is 1.40. The molecule has 0 atom stereocenters. The molecule has 200 valence electrons. The largest absolute Gasteiger partial charge is 0.379 e. The normalized spacial score (nSPS) is 14.1. The number of hydrogen-bond acceptors (Lipinski definition) is 6. The van der Waals surface area contributed by atoms with Crippen LogP contribution in [-0.2, 0) is 10.0 Å². The summed E-state index contributed by atoms with van der Waals surface area (Å²) >= 11 is 0. The molecule has 3 aromatic rings. The first kappa shape index (κ1) is 27.3. The molecular formula is C28H30FN3O5S. The van der Waals surface area contributed by atoms with Crippen LogP contribution in [0.25, 0.3) is 11.1 Å². The number of carbonyl (C=O) groups is 1. The molecule has 0 unspecified atom stereocenters. The van der Waals surface area contributed by atoms with Gasteiger partial charge in [0.15, 0.2) is 0 Å². The molecule has 1 fully saturated rings. The Labute approximate surface area is 221 Å². The fraction of sp³-hybridized carbons (Fsp3) is 0.321. The van der Waals surface area contributed by atoms with Gasteiger partial charge in [-0.05, 0) is 66.3 Å². The number of nitro groups is 1. The minimum absolute atomic E-state index is 0.0881. The van der Waals surface area contributed by atoms with Crippen LogP contribution in [0.15, 0.2) is 71.6 Å². The zero-order valence-electron chi connectivity index (χ0n) is 20.9. The number of rotatable bonds is 10. The van der Waals surface area contributed by atoms with Crippen LogP contribution in [0.2, 0.25) is 0 Å². The molecule has 2 N–H and O–H groups in total. The minimum atomic E-state index is -4.36. The first-order chi connectivity index (χ1) is 18.2. The van der Waals surface area contributed by atoms with E-state index in [2.05, 4.69) is 5.32 Å². The number of nitrogens with zero attached hydrogens (tertiary/aromatic N) is 1. The number of carbonyl (C=O) groups excluding carboxylic acids is 1. The molecule has 1 aliphatic rings. The van der Waals surface area contributed by atoms with Crippen LogP contribution in [0.1, 0.15) is 55.3 Å². The molecular weight excluding hydrogens is 509 g/mol. The van der Waals surface area contributed by atoms with Gasteiger partial charge in [0.2, 0.25) is 0 Å². The molecule has 1 saturated carbocycles. The topological polar surface area (TPSA) is 118 Å². The highest BCUT2D eigenvalue weighted by Gasteiger charge is 2.24. The van der Waals surface area contributed by atoms with Gasteiger partial charge in [0.1, 0.15) is 11.5 Å². The van der Waals surface area contributed by atoms with Crippen LogP contribution in [0.5, 0.6) is 0 Å². The van der Waals surface area contributed by atoms with Crippen LogP contribution in [0.3, 0.4) is 0 Å². The van der Waals surface area contributed by atoms with E-state index in [1.807, 2.05) is 4.72 Å². The number of hydrogen-bond donors (Lipinski definition) is 2. The summed E-state index contributed by atoms with van der Waals surface area (Å²) in [4.78, 5) is 23.3. The summed E-state index contributed by atoms with van der Waals surface area (Å²) in [5.74, 6) is -0.535. The standard InChI is InChI=1S/C28H30FN3O5S/c29-24-14-12-22(13-15-24)21-8-10-23(11-9-21)28(33)31-38(36,37)25-16-17-26(27(19-25)32(34)35)30-18-4-7-20-5-2-1-3-6-20/h8-17,19-20,30H,1-7,18H2,(H,31,33). The summed E-state index contributed by atoms with van der Waals surface area (Å²) in [6.45, 7) is 0.550. The Morgan fingerprint density at radius 1 is 0.947 bits per heavy atom. The van der Waals surface area contributed by atoms with Crippen LogP contribution in [0.4, 0.5) is 15.8 Å². The first-order valence-corrected chi connectivity index (χ1v) is 14.2. The van der Waals surface area contributed by atoms with Gasteiger partial charge >= 0.3 is 0 Å². The summed E-state index contributed by atoms with van der Waals surface area (Å²) in [6.07, 6.45) is 8.21. The van der Waals surface area contributed by atoms with Crippen LogP contribution in [0, 0.1) is 21.8 Å². The summed E-state index contributed by atoms with van der Waals surface area (Å²) in [5, 5.41) is 14.7. The third kappa shape index (κ3) is 6.95. The fourth-order valence-electron chi connectivity index (χ4n) is 4.77. The highest BCUT2D eigenvalue weighted by Crippen LogP contribution is 2.30. The Bertz CT molecular complexity index is 1390.